The summed E-state index contributed by atoms with van der Waals surface area (Å²) in [5.41, 5.74) is 0. The first-order chi connectivity index (χ1) is 9.40. The Kier molecular flexibility index (Phi) is 5.72. The number of rotatable bonds is 7. The van der Waals surface area contributed by atoms with Crippen molar-refractivity contribution in [1.29, 1.82) is 0 Å². The zero-order valence-electron chi connectivity index (χ0n) is 11.4. The van der Waals surface area contributed by atoms with Crippen LogP contribution >= 0.6 is 0 Å². The van der Waals surface area contributed by atoms with Crippen LogP contribution in [0.4, 0.5) is 0 Å². The predicted molar refractivity (Wildman–Crippen MR) is 76.0 cm³/mol. The lowest BCUT2D eigenvalue weighted by Gasteiger charge is -2.13. The number of likely N-dealkylation sites (N-methyl/N-ethyl adjacent to an activating group) is 1. The molecule has 2 N–H and O–H groups in total. The standard InChI is InChI=1S/C13H18N2O4S/c1-4-9-15-20(17,18)12-7-5-11(6-8-12)19-10(2)13(16)14-3/h4-8,10,15H,1,9H2,2-3H3,(H,14,16)/t10-/m1/s1. The number of hydrogen-bond donors (Lipinski definition) is 2. The van der Waals surface area contributed by atoms with Crippen molar-refractivity contribution in [3.05, 3.63) is 36.9 Å². The third kappa shape index (κ3) is 4.36. The van der Waals surface area contributed by atoms with Crippen LogP contribution in [0.15, 0.2) is 41.8 Å². The van der Waals surface area contributed by atoms with Crippen LogP contribution < -0.4 is 14.8 Å². The van der Waals surface area contributed by atoms with Crippen LogP contribution in [0.25, 0.3) is 0 Å². The van der Waals surface area contributed by atoms with E-state index in [9.17, 15) is 13.2 Å². The van der Waals surface area contributed by atoms with E-state index < -0.39 is 16.1 Å². The number of nitrogens with one attached hydrogen (secondary N) is 2. The van der Waals surface area contributed by atoms with Crippen LogP contribution in [0.1, 0.15) is 6.92 Å². The fourth-order valence-electron chi connectivity index (χ4n) is 1.41. The third-order valence-corrected chi connectivity index (χ3v) is 3.92. The van der Waals surface area contributed by atoms with Gasteiger partial charge in [-0.2, -0.15) is 0 Å². The number of benzene rings is 1. The fraction of sp³-hybridized carbons (Fsp3) is 0.308. The van der Waals surface area contributed by atoms with Crippen LogP contribution in [0, 0.1) is 0 Å². The van der Waals surface area contributed by atoms with Gasteiger partial charge in [-0.25, -0.2) is 13.1 Å². The number of ether oxygens (including phenoxy) is 1. The minimum absolute atomic E-state index is 0.124. The second-order valence-corrected chi connectivity index (χ2v) is 5.75. The summed E-state index contributed by atoms with van der Waals surface area (Å²) in [6.45, 7) is 5.21. The Morgan fingerprint density at radius 1 is 1.40 bits per heavy atom. The Balaban J connectivity index is 2.79. The molecule has 0 saturated carbocycles. The molecule has 0 aromatic heterocycles. The molecule has 6 nitrogen and oxygen atoms in total. The Bertz CT molecular complexity index is 567. The fourth-order valence-corrected chi connectivity index (χ4v) is 2.41. The molecule has 1 rings (SSSR count). The number of sulfonamides is 1. The van der Waals surface area contributed by atoms with Crippen molar-refractivity contribution in [2.75, 3.05) is 13.6 Å². The molecule has 20 heavy (non-hydrogen) atoms. The summed E-state index contributed by atoms with van der Waals surface area (Å²) in [6.07, 6.45) is 0.807. The predicted octanol–water partition coefficient (Wildman–Crippen LogP) is 0.664. The SMILES string of the molecule is C=CCNS(=O)(=O)c1ccc(O[C@H](C)C(=O)NC)cc1. The maximum Gasteiger partial charge on any atom is 0.260 e. The summed E-state index contributed by atoms with van der Waals surface area (Å²) in [4.78, 5) is 11.4. The number of amides is 1. The quantitative estimate of drug-likeness (QED) is 0.724. The number of carbonyl (C=O) groups excluding carboxylic acids is 1. The molecule has 0 aliphatic rings. The molecule has 0 saturated heterocycles. The average Bonchev–Trinajstić information content (AvgIpc) is 2.44. The summed E-state index contributed by atoms with van der Waals surface area (Å²) in [5, 5.41) is 2.46. The monoisotopic (exact) mass is 298 g/mol. The minimum Gasteiger partial charge on any atom is -0.481 e. The highest BCUT2D eigenvalue weighted by Crippen LogP contribution is 2.17. The maximum absolute atomic E-state index is 11.8. The molecule has 0 radical (unpaired) electrons. The normalized spacial score (nSPS) is 12.5. The third-order valence-electron chi connectivity index (χ3n) is 2.48. The summed E-state index contributed by atoms with van der Waals surface area (Å²) < 4.78 is 31.4. The first-order valence-corrected chi connectivity index (χ1v) is 7.48. The molecule has 0 aliphatic carbocycles. The van der Waals surface area contributed by atoms with Gasteiger partial charge in [-0.3, -0.25) is 4.79 Å². The van der Waals surface area contributed by atoms with Gasteiger partial charge in [-0.15, -0.1) is 6.58 Å². The maximum atomic E-state index is 11.8. The van der Waals surface area contributed by atoms with Crippen molar-refractivity contribution in [3.63, 3.8) is 0 Å². The van der Waals surface area contributed by atoms with Crippen molar-refractivity contribution in [1.82, 2.24) is 10.0 Å². The molecule has 110 valence electrons. The molecule has 1 aromatic rings. The molecular weight excluding hydrogens is 280 g/mol. The number of carbonyl (C=O) groups is 1. The second kappa shape index (κ2) is 7.06. The van der Waals surface area contributed by atoms with Crippen LogP contribution in [0.5, 0.6) is 5.75 Å². The smallest absolute Gasteiger partial charge is 0.260 e. The first-order valence-electron chi connectivity index (χ1n) is 5.99. The van der Waals surface area contributed by atoms with Crippen LogP contribution in [0.3, 0.4) is 0 Å². The molecule has 0 heterocycles. The molecule has 1 atom stereocenters. The minimum atomic E-state index is -3.54. The van der Waals surface area contributed by atoms with Gasteiger partial charge in [-0.05, 0) is 31.2 Å². The Labute approximate surface area is 118 Å². The molecule has 0 fully saturated rings. The van der Waals surface area contributed by atoms with Gasteiger partial charge in [-0.1, -0.05) is 6.08 Å². The van der Waals surface area contributed by atoms with E-state index in [1.165, 1.54) is 37.4 Å². The summed E-state index contributed by atoms with van der Waals surface area (Å²) in [5.74, 6) is 0.165. The van der Waals surface area contributed by atoms with E-state index in [0.717, 1.165) is 0 Å². The van der Waals surface area contributed by atoms with E-state index in [1.807, 2.05) is 0 Å². The van der Waals surface area contributed by atoms with E-state index in [2.05, 4.69) is 16.6 Å². The molecule has 0 bridgehead atoms. The summed E-state index contributed by atoms with van der Waals surface area (Å²) in [7, 11) is -2.03. The largest absolute Gasteiger partial charge is 0.481 e. The Hall–Kier alpha value is -1.86. The first kappa shape index (κ1) is 16.2. The molecular formula is C13H18N2O4S. The van der Waals surface area contributed by atoms with Crippen molar-refractivity contribution in [2.45, 2.75) is 17.9 Å². The van der Waals surface area contributed by atoms with Gasteiger partial charge < -0.3 is 10.1 Å². The van der Waals surface area contributed by atoms with Gasteiger partial charge in [0.05, 0.1) is 4.90 Å². The molecule has 0 spiro atoms. The zero-order chi connectivity index (χ0) is 15.2. The zero-order valence-corrected chi connectivity index (χ0v) is 12.2. The van der Waals surface area contributed by atoms with Gasteiger partial charge in [0, 0.05) is 13.6 Å². The van der Waals surface area contributed by atoms with E-state index in [1.54, 1.807) is 6.92 Å². The van der Waals surface area contributed by atoms with Crippen LogP contribution in [0.2, 0.25) is 0 Å². The molecule has 7 heteroatoms. The average molecular weight is 298 g/mol. The van der Waals surface area contributed by atoms with Gasteiger partial charge in [0.2, 0.25) is 10.0 Å². The Morgan fingerprint density at radius 2 is 2.00 bits per heavy atom. The van der Waals surface area contributed by atoms with Crippen LogP contribution in [-0.4, -0.2) is 34.0 Å². The topological polar surface area (TPSA) is 84.5 Å². The highest BCUT2D eigenvalue weighted by Gasteiger charge is 2.15. The molecule has 0 aliphatic heterocycles. The van der Waals surface area contributed by atoms with Gasteiger partial charge in [0.1, 0.15) is 5.75 Å². The van der Waals surface area contributed by atoms with Gasteiger partial charge in [0.25, 0.3) is 5.91 Å². The lowest BCUT2D eigenvalue weighted by Crippen LogP contribution is -2.33. The van der Waals surface area contributed by atoms with Crippen molar-refractivity contribution >= 4 is 15.9 Å². The van der Waals surface area contributed by atoms with E-state index in [4.69, 9.17) is 4.74 Å². The molecule has 1 aromatic carbocycles. The highest BCUT2D eigenvalue weighted by atomic mass is 32.2. The Morgan fingerprint density at radius 3 is 2.50 bits per heavy atom. The van der Waals surface area contributed by atoms with Crippen LogP contribution in [-0.2, 0) is 14.8 Å². The van der Waals surface area contributed by atoms with Crippen molar-refractivity contribution in [2.24, 2.45) is 0 Å². The highest BCUT2D eigenvalue weighted by molar-refractivity contribution is 7.89. The number of hydrogen-bond acceptors (Lipinski definition) is 4. The molecule has 0 unspecified atom stereocenters. The van der Waals surface area contributed by atoms with Crippen molar-refractivity contribution < 1.29 is 17.9 Å². The van der Waals surface area contributed by atoms with Gasteiger partial charge in [0.15, 0.2) is 6.10 Å². The lowest BCUT2D eigenvalue weighted by molar-refractivity contribution is -0.126. The molecule has 1 amide bonds. The van der Waals surface area contributed by atoms with Gasteiger partial charge >= 0.3 is 0 Å². The van der Waals surface area contributed by atoms with E-state index in [0.29, 0.717) is 5.75 Å². The second-order valence-electron chi connectivity index (χ2n) is 3.99. The summed E-state index contributed by atoms with van der Waals surface area (Å²) >= 11 is 0. The van der Waals surface area contributed by atoms with Crippen molar-refractivity contribution in [3.8, 4) is 5.75 Å². The van der Waals surface area contributed by atoms with E-state index >= 15 is 0 Å². The lowest BCUT2D eigenvalue weighted by atomic mass is 10.3. The summed E-state index contributed by atoms with van der Waals surface area (Å²) in [6, 6.07) is 5.83. The van der Waals surface area contributed by atoms with E-state index in [-0.39, 0.29) is 17.3 Å².